The summed E-state index contributed by atoms with van der Waals surface area (Å²) in [4.78, 5) is 34.2. The van der Waals surface area contributed by atoms with Gasteiger partial charge in [0.05, 0.1) is 18.9 Å². The SMILES string of the molecule is C=C/C=C(\C=C)NC(=O)N1CCN(C=NCC(/C=C\C)NC(=O)c2oc(/C=C\C(=C)c3cccc(F)c3)c(CC)c2C)CC1. The normalized spacial score (nSPS) is 14.8. The zero-order valence-corrected chi connectivity index (χ0v) is 25.8. The largest absolute Gasteiger partial charge is 0.451 e. The Morgan fingerprint density at radius 1 is 1.20 bits per heavy atom. The molecule has 1 aromatic heterocycles. The van der Waals surface area contributed by atoms with Gasteiger partial charge in [-0.3, -0.25) is 9.79 Å². The fourth-order valence-corrected chi connectivity index (χ4v) is 4.75. The third-order valence-electron chi connectivity index (χ3n) is 7.15. The summed E-state index contributed by atoms with van der Waals surface area (Å²) in [5.74, 6) is 0.150. The van der Waals surface area contributed by atoms with Gasteiger partial charge in [-0.1, -0.05) is 63.1 Å². The summed E-state index contributed by atoms with van der Waals surface area (Å²) in [7, 11) is 0. The number of urea groups is 1. The van der Waals surface area contributed by atoms with Crippen molar-refractivity contribution in [2.45, 2.75) is 33.2 Å². The highest BCUT2D eigenvalue weighted by Gasteiger charge is 2.23. The van der Waals surface area contributed by atoms with Crippen molar-refractivity contribution in [2.24, 2.45) is 4.99 Å². The summed E-state index contributed by atoms with van der Waals surface area (Å²) in [6, 6.07) is 5.71. The number of carbonyl (C=O) groups is 2. The number of halogens is 1. The van der Waals surface area contributed by atoms with Crippen molar-refractivity contribution >= 4 is 29.9 Å². The van der Waals surface area contributed by atoms with Gasteiger partial charge < -0.3 is 24.9 Å². The molecule has 1 aliphatic rings. The number of rotatable bonds is 13. The number of nitrogens with one attached hydrogen (secondary N) is 2. The molecule has 0 radical (unpaired) electrons. The third kappa shape index (κ3) is 9.29. The van der Waals surface area contributed by atoms with Gasteiger partial charge in [0.2, 0.25) is 0 Å². The molecule has 1 fully saturated rings. The average molecular weight is 600 g/mol. The number of amides is 3. The molecule has 2 aromatic rings. The Hall–Kier alpha value is -4.92. The fourth-order valence-electron chi connectivity index (χ4n) is 4.75. The van der Waals surface area contributed by atoms with Gasteiger partial charge in [-0.05, 0) is 61.8 Å². The summed E-state index contributed by atoms with van der Waals surface area (Å²) >= 11 is 0. The van der Waals surface area contributed by atoms with Crippen molar-refractivity contribution in [3.8, 4) is 0 Å². The quantitative estimate of drug-likeness (QED) is 0.122. The Morgan fingerprint density at radius 3 is 2.59 bits per heavy atom. The lowest BCUT2D eigenvalue weighted by molar-refractivity contribution is 0.0916. The van der Waals surface area contributed by atoms with E-state index in [1.54, 1.807) is 53.8 Å². The molecule has 2 heterocycles. The van der Waals surface area contributed by atoms with E-state index in [1.807, 2.05) is 37.8 Å². The first-order chi connectivity index (χ1) is 21.2. The molecule has 9 heteroatoms. The van der Waals surface area contributed by atoms with E-state index < -0.39 is 0 Å². The molecule has 0 spiro atoms. The number of furan rings is 1. The van der Waals surface area contributed by atoms with E-state index >= 15 is 0 Å². The fraction of sp³-hybridized carbons (Fsp3) is 0.286. The highest BCUT2D eigenvalue weighted by atomic mass is 19.1. The van der Waals surface area contributed by atoms with Gasteiger partial charge in [-0.25, -0.2) is 9.18 Å². The molecule has 0 bridgehead atoms. The Balaban J connectivity index is 1.59. The first kappa shape index (κ1) is 33.6. The number of hydrogen-bond donors (Lipinski definition) is 2. The van der Waals surface area contributed by atoms with Crippen molar-refractivity contribution in [2.75, 3.05) is 32.7 Å². The van der Waals surface area contributed by atoms with Crippen molar-refractivity contribution in [1.29, 1.82) is 0 Å². The smallest absolute Gasteiger partial charge is 0.321 e. The van der Waals surface area contributed by atoms with E-state index in [9.17, 15) is 14.0 Å². The maximum Gasteiger partial charge on any atom is 0.321 e. The van der Waals surface area contributed by atoms with Crippen LogP contribution in [0.5, 0.6) is 0 Å². The maximum atomic E-state index is 13.6. The van der Waals surface area contributed by atoms with Crippen LogP contribution in [0.2, 0.25) is 0 Å². The molecule has 1 aliphatic heterocycles. The molecule has 2 N–H and O–H groups in total. The lowest BCUT2D eigenvalue weighted by Crippen LogP contribution is -2.51. The molecule has 232 valence electrons. The van der Waals surface area contributed by atoms with Crippen LogP contribution in [0.3, 0.4) is 0 Å². The van der Waals surface area contributed by atoms with Gasteiger partial charge >= 0.3 is 6.03 Å². The van der Waals surface area contributed by atoms with Crippen LogP contribution in [0.1, 0.15) is 46.9 Å². The molecular formula is C35H42FN5O3. The van der Waals surface area contributed by atoms with Crippen LogP contribution < -0.4 is 10.6 Å². The zero-order valence-electron chi connectivity index (χ0n) is 25.8. The minimum absolute atomic E-state index is 0.180. The van der Waals surface area contributed by atoms with E-state index in [0.29, 0.717) is 61.7 Å². The van der Waals surface area contributed by atoms with Gasteiger partial charge in [-0.15, -0.1) is 0 Å². The van der Waals surface area contributed by atoms with Crippen LogP contribution in [-0.4, -0.2) is 66.8 Å². The second kappa shape index (κ2) is 16.6. The second-order valence-electron chi connectivity index (χ2n) is 10.2. The first-order valence-corrected chi connectivity index (χ1v) is 14.6. The summed E-state index contributed by atoms with van der Waals surface area (Å²) < 4.78 is 19.7. The zero-order chi connectivity index (χ0) is 32.1. The molecule has 1 atom stereocenters. The second-order valence-corrected chi connectivity index (χ2v) is 10.2. The molecule has 3 rings (SSSR count). The van der Waals surface area contributed by atoms with Gasteiger partial charge in [0.15, 0.2) is 5.76 Å². The number of aliphatic imine (C=N–C) groups is 1. The Bertz CT molecular complexity index is 1470. The Kier molecular flexibility index (Phi) is 12.7. The van der Waals surface area contributed by atoms with Gasteiger partial charge in [0.1, 0.15) is 11.6 Å². The molecule has 8 nitrogen and oxygen atoms in total. The predicted octanol–water partition coefficient (Wildman–Crippen LogP) is 6.30. The van der Waals surface area contributed by atoms with Crippen molar-refractivity contribution < 1.29 is 18.4 Å². The summed E-state index contributed by atoms with van der Waals surface area (Å²) in [5, 5.41) is 5.83. The highest BCUT2D eigenvalue weighted by molar-refractivity contribution is 5.94. The molecule has 44 heavy (non-hydrogen) atoms. The van der Waals surface area contributed by atoms with Crippen LogP contribution >= 0.6 is 0 Å². The van der Waals surface area contributed by atoms with E-state index in [-0.39, 0.29) is 29.6 Å². The maximum absolute atomic E-state index is 13.6. The predicted molar refractivity (Wildman–Crippen MR) is 177 cm³/mol. The van der Waals surface area contributed by atoms with Crippen molar-refractivity contribution in [1.82, 2.24) is 20.4 Å². The minimum Gasteiger partial charge on any atom is -0.451 e. The van der Waals surface area contributed by atoms with Crippen LogP contribution in [0.4, 0.5) is 9.18 Å². The lowest BCUT2D eigenvalue weighted by atomic mass is 10.0. The number of allylic oxidation sites excluding steroid dienone is 6. The van der Waals surface area contributed by atoms with Gasteiger partial charge in [0, 0.05) is 43.0 Å². The molecule has 0 aliphatic carbocycles. The Morgan fingerprint density at radius 2 is 1.95 bits per heavy atom. The van der Waals surface area contributed by atoms with Gasteiger partial charge in [0.25, 0.3) is 5.91 Å². The average Bonchev–Trinajstić information content (AvgIpc) is 3.34. The van der Waals surface area contributed by atoms with E-state index in [2.05, 4.69) is 35.4 Å². The van der Waals surface area contributed by atoms with E-state index in [0.717, 1.165) is 11.1 Å². The monoisotopic (exact) mass is 599 g/mol. The van der Waals surface area contributed by atoms with Crippen LogP contribution in [0, 0.1) is 12.7 Å². The number of carbonyl (C=O) groups excluding carboxylic acids is 2. The molecule has 1 unspecified atom stereocenters. The molecule has 1 aromatic carbocycles. The number of piperazine rings is 1. The minimum atomic E-state index is -0.342. The van der Waals surface area contributed by atoms with Crippen LogP contribution in [-0.2, 0) is 6.42 Å². The van der Waals surface area contributed by atoms with E-state index in [1.165, 1.54) is 12.1 Å². The van der Waals surface area contributed by atoms with Crippen molar-refractivity contribution in [3.63, 3.8) is 0 Å². The van der Waals surface area contributed by atoms with Crippen molar-refractivity contribution in [3.05, 3.63) is 120 Å². The third-order valence-corrected chi connectivity index (χ3v) is 7.15. The van der Waals surface area contributed by atoms with Gasteiger partial charge in [-0.2, -0.15) is 0 Å². The number of nitrogens with zero attached hydrogens (tertiary/aromatic N) is 3. The molecule has 1 saturated heterocycles. The number of hydrogen-bond acceptors (Lipinski definition) is 4. The Labute approximate surface area is 259 Å². The summed E-state index contributed by atoms with van der Waals surface area (Å²) in [5.41, 5.74) is 3.59. The molecule has 0 saturated carbocycles. The van der Waals surface area contributed by atoms with E-state index in [4.69, 9.17) is 4.42 Å². The number of benzene rings is 1. The molecule has 3 amide bonds. The summed E-state index contributed by atoms with van der Waals surface area (Å²) in [6.45, 7) is 19.8. The molecular weight excluding hydrogens is 557 g/mol. The standard InChI is InChI=1S/C35H42FN5O3/c1-7-12-29(9-3)39-35(43)41-20-18-40(19-21-41)24-37-23-30(13-8-2)38-34(42)33-26(6)31(10-4)32(44-33)17-16-25(5)27-14-11-15-28(36)22-27/h7-9,11-17,22,24,30H,1,3,5,10,18-21,23H2,2,4,6H3,(H,38,42)(H,39,43)/b13-8-,17-16-,29-12+,37-24?. The lowest BCUT2D eigenvalue weighted by Gasteiger charge is -2.33. The summed E-state index contributed by atoms with van der Waals surface area (Å²) in [6.07, 6.45) is 14.6. The highest BCUT2D eigenvalue weighted by Crippen LogP contribution is 2.26. The van der Waals surface area contributed by atoms with Crippen LogP contribution in [0.15, 0.2) is 95.6 Å². The van der Waals surface area contributed by atoms with Crippen LogP contribution in [0.25, 0.3) is 11.6 Å². The topological polar surface area (TPSA) is 90.2 Å². The first-order valence-electron chi connectivity index (χ1n) is 14.6.